The molecule has 19 heavy (non-hydrogen) atoms. The van der Waals surface area contributed by atoms with Gasteiger partial charge in [0.05, 0.1) is 12.2 Å². The highest BCUT2D eigenvalue weighted by atomic mass is 32.1. The summed E-state index contributed by atoms with van der Waals surface area (Å²) in [6.45, 7) is 3.26. The van der Waals surface area contributed by atoms with E-state index in [-0.39, 0.29) is 5.11 Å². The van der Waals surface area contributed by atoms with Gasteiger partial charge in [0.15, 0.2) is 5.11 Å². The molecular weight excluding hydrogens is 260 g/mol. The largest absolute Gasteiger partial charge is 0.492 e. The van der Waals surface area contributed by atoms with E-state index in [2.05, 4.69) is 10.4 Å². The third kappa shape index (κ3) is 4.26. The van der Waals surface area contributed by atoms with E-state index in [1.807, 2.05) is 48.1 Å². The molecule has 1 aromatic carbocycles. The number of ether oxygens (including phenoxy) is 1. The van der Waals surface area contributed by atoms with Crippen molar-refractivity contribution in [3.63, 3.8) is 0 Å². The molecular formula is C13H16N4OS. The Balaban J connectivity index is 1.81. The summed E-state index contributed by atoms with van der Waals surface area (Å²) < 4.78 is 7.49. The molecule has 0 radical (unpaired) electrons. The van der Waals surface area contributed by atoms with Crippen molar-refractivity contribution in [2.75, 3.05) is 11.9 Å². The summed E-state index contributed by atoms with van der Waals surface area (Å²) in [5.41, 5.74) is 7.25. The van der Waals surface area contributed by atoms with Gasteiger partial charge < -0.3 is 15.8 Å². The van der Waals surface area contributed by atoms with Gasteiger partial charge in [0.25, 0.3) is 0 Å². The Morgan fingerprint density at radius 3 is 2.68 bits per heavy atom. The zero-order valence-corrected chi connectivity index (χ0v) is 11.5. The number of hydrogen-bond donors (Lipinski definition) is 2. The molecule has 0 saturated carbocycles. The van der Waals surface area contributed by atoms with E-state index in [9.17, 15) is 0 Å². The topological polar surface area (TPSA) is 65.1 Å². The maximum atomic E-state index is 5.63. The molecule has 0 aliphatic heterocycles. The average molecular weight is 276 g/mol. The molecule has 0 fully saturated rings. The molecule has 6 heteroatoms. The van der Waals surface area contributed by atoms with Crippen molar-refractivity contribution in [1.82, 2.24) is 9.78 Å². The Kier molecular flexibility index (Phi) is 4.35. The van der Waals surface area contributed by atoms with Crippen LogP contribution in [0.5, 0.6) is 5.75 Å². The van der Waals surface area contributed by atoms with E-state index in [1.165, 1.54) is 0 Å². The molecule has 2 aromatic rings. The van der Waals surface area contributed by atoms with Crippen LogP contribution in [0, 0.1) is 6.92 Å². The summed E-state index contributed by atoms with van der Waals surface area (Å²) >= 11 is 4.76. The first-order valence-electron chi connectivity index (χ1n) is 5.93. The SMILES string of the molecule is Cc1ccn(CCOc2ccc(NC(N)=S)cc2)n1. The lowest BCUT2D eigenvalue weighted by Crippen LogP contribution is -2.18. The number of aryl methyl sites for hydroxylation is 1. The third-order valence-electron chi connectivity index (χ3n) is 2.48. The van der Waals surface area contributed by atoms with Crippen LogP contribution in [-0.4, -0.2) is 21.5 Å². The Labute approximate surface area is 117 Å². The molecule has 0 atom stereocenters. The Hall–Kier alpha value is -2.08. The van der Waals surface area contributed by atoms with Crippen molar-refractivity contribution < 1.29 is 4.74 Å². The molecule has 0 spiro atoms. The summed E-state index contributed by atoms with van der Waals surface area (Å²) in [5.74, 6) is 0.803. The quantitative estimate of drug-likeness (QED) is 0.817. The maximum absolute atomic E-state index is 5.63. The summed E-state index contributed by atoms with van der Waals surface area (Å²) in [4.78, 5) is 0. The molecule has 0 bridgehead atoms. The lowest BCUT2D eigenvalue weighted by Gasteiger charge is -2.08. The van der Waals surface area contributed by atoms with Crippen LogP contribution in [0.1, 0.15) is 5.69 Å². The van der Waals surface area contributed by atoms with E-state index < -0.39 is 0 Å². The van der Waals surface area contributed by atoms with E-state index in [0.717, 1.165) is 23.7 Å². The minimum atomic E-state index is 0.253. The lowest BCUT2D eigenvalue weighted by atomic mass is 10.3. The van der Waals surface area contributed by atoms with Crippen molar-refractivity contribution in [3.05, 3.63) is 42.2 Å². The molecule has 1 heterocycles. The Bertz CT molecular complexity index is 550. The number of thiocarbonyl (C=S) groups is 1. The van der Waals surface area contributed by atoms with E-state index in [0.29, 0.717) is 6.61 Å². The monoisotopic (exact) mass is 276 g/mol. The van der Waals surface area contributed by atoms with Crippen LogP contribution < -0.4 is 15.8 Å². The fraction of sp³-hybridized carbons (Fsp3) is 0.231. The molecule has 1 aromatic heterocycles. The van der Waals surface area contributed by atoms with Gasteiger partial charge in [-0.15, -0.1) is 0 Å². The molecule has 0 aliphatic rings. The number of anilines is 1. The van der Waals surface area contributed by atoms with Gasteiger partial charge in [-0.25, -0.2) is 0 Å². The van der Waals surface area contributed by atoms with E-state index >= 15 is 0 Å². The molecule has 2 rings (SSSR count). The van der Waals surface area contributed by atoms with Gasteiger partial charge in [-0.2, -0.15) is 5.10 Å². The van der Waals surface area contributed by atoms with Crippen molar-refractivity contribution in [3.8, 4) is 5.75 Å². The number of nitrogens with one attached hydrogen (secondary N) is 1. The fourth-order valence-corrected chi connectivity index (χ4v) is 1.74. The summed E-state index contributed by atoms with van der Waals surface area (Å²) in [6, 6.07) is 9.44. The second-order valence-corrected chi connectivity index (χ2v) is 4.52. The van der Waals surface area contributed by atoms with Gasteiger partial charge in [0, 0.05) is 11.9 Å². The highest BCUT2D eigenvalue weighted by Gasteiger charge is 1.98. The fourth-order valence-electron chi connectivity index (χ4n) is 1.62. The van der Waals surface area contributed by atoms with Crippen molar-refractivity contribution in [2.45, 2.75) is 13.5 Å². The molecule has 0 aliphatic carbocycles. The highest BCUT2D eigenvalue weighted by Crippen LogP contribution is 2.15. The second kappa shape index (κ2) is 6.19. The summed E-state index contributed by atoms with van der Waals surface area (Å²) in [6.07, 6.45) is 1.94. The predicted octanol–water partition coefficient (Wildman–Crippen LogP) is 1.93. The van der Waals surface area contributed by atoms with Gasteiger partial charge in [-0.3, -0.25) is 4.68 Å². The maximum Gasteiger partial charge on any atom is 0.168 e. The zero-order valence-electron chi connectivity index (χ0n) is 10.7. The normalized spacial score (nSPS) is 10.2. The minimum absolute atomic E-state index is 0.253. The molecule has 0 saturated heterocycles. The van der Waals surface area contributed by atoms with Gasteiger partial charge in [-0.05, 0) is 49.5 Å². The lowest BCUT2D eigenvalue weighted by molar-refractivity contribution is 0.291. The molecule has 0 amide bonds. The van der Waals surface area contributed by atoms with Crippen LogP contribution in [0.25, 0.3) is 0 Å². The first-order valence-corrected chi connectivity index (χ1v) is 6.34. The van der Waals surface area contributed by atoms with Crippen molar-refractivity contribution in [2.24, 2.45) is 5.73 Å². The van der Waals surface area contributed by atoms with Crippen LogP contribution in [-0.2, 0) is 6.54 Å². The number of benzene rings is 1. The molecule has 3 N–H and O–H groups in total. The van der Waals surface area contributed by atoms with Gasteiger partial charge in [-0.1, -0.05) is 0 Å². The van der Waals surface area contributed by atoms with Crippen molar-refractivity contribution in [1.29, 1.82) is 0 Å². The number of aromatic nitrogens is 2. The molecule has 5 nitrogen and oxygen atoms in total. The van der Waals surface area contributed by atoms with Crippen LogP contribution in [0.4, 0.5) is 5.69 Å². The van der Waals surface area contributed by atoms with Gasteiger partial charge in [0.2, 0.25) is 0 Å². The Morgan fingerprint density at radius 2 is 2.11 bits per heavy atom. The number of hydrogen-bond acceptors (Lipinski definition) is 3. The van der Waals surface area contributed by atoms with Crippen LogP contribution in [0.2, 0.25) is 0 Å². The number of rotatable bonds is 5. The molecule has 0 unspecified atom stereocenters. The van der Waals surface area contributed by atoms with E-state index in [4.69, 9.17) is 22.7 Å². The third-order valence-corrected chi connectivity index (χ3v) is 2.59. The average Bonchev–Trinajstić information content (AvgIpc) is 2.77. The zero-order chi connectivity index (χ0) is 13.7. The minimum Gasteiger partial charge on any atom is -0.492 e. The Morgan fingerprint density at radius 1 is 1.37 bits per heavy atom. The highest BCUT2D eigenvalue weighted by molar-refractivity contribution is 7.80. The first-order chi connectivity index (χ1) is 9.13. The van der Waals surface area contributed by atoms with E-state index in [1.54, 1.807) is 0 Å². The summed E-state index contributed by atoms with van der Waals surface area (Å²) in [7, 11) is 0. The van der Waals surface area contributed by atoms with Crippen LogP contribution >= 0.6 is 12.2 Å². The van der Waals surface area contributed by atoms with Crippen LogP contribution in [0.3, 0.4) is 0 Å². The number of nitrogens with zero attached hydrogens (tertiary/aromatic N) is 2. The second-order valence-electron chi connectivity index (χ2n) is 4.08. The van der Waals surface area contributed by atoms with Crippen molar-refractivity contribution >= 4 is 23.0 Å². The van der Waals surface area contributed by atoms with Crippen LogP contribution in [0.15, 0.2) is 36.5 Å². The smallest absolute Gasteiger partial charge is 0.168 e. The first kappa shape index (κ1) is 13.4. The standard InChI is InChI=1S/C13H16N4OS/c1-10-6-7-17(16-10)8-9-18-12-4-2-11(3-5-12)15-13(14)19/h2-7H,8-9H2,1H3,(H3,14,15,19). The van der Waals surface area contributed by atoms with Gasteiger partial charge in [0.1, 0.15) is 12.4 Å². The summed E-state index contributed by atoms with van der Waals surface area (Å²) in [5, 5.41) is 7.40. The molecule has 100 valence electrons. The predicted molar refractivity (Wildman–Crippen MR) is 79.3 cm³/mol. The van der Waals surface area contributed by atoms with Gasteiger partial charge >= 0.3 is 0 Å². The number of nitrogens with two attached hydrogens (primary N) is 1.